The third kappa shape index (κ3) is 3.07. The standard InChI is InChI=1S/C11H16BrNO3/c1-7(2)9-6-16-11(15)13(9)10(14)5-4-8(3)12/h7,9H,3-6H2,1-2H3. The van der Waals surface area contributed by atoms with Gasteiger partial charge in [0.2, 0.25) is 5.91 Å². The number of amides is 2. The molecule has 0 bridgehead atoms. The molecule has 16 heavy (non-hydrogen) atoms. The highest BCUT2D eigenvalue weighted by Gasteiger charge is 2.38. The van der Waals surface area contributed by atoms with Crippen molar-refractivity contribution in [1.29, 1.82) is 0 Å². The van der Waals surface area contributed by atoms with E-state index in [1.54, 1.807) is 0 Å². The second-order valence-electron chi connectivity index (χ2n) is 4.17. The number of nitrogens with zero attached hydrogens (tertiary/aromatic N) is 1. The average molecular weight is 290 g/mol. The number of carbonyl (C=O) groups is 2. The normalized spacial score (nSPS) is 20.1. The van der Waals surface area contributed by atoms with Crippen LogP contribution in [0.5, 0.6) is 0 Å². The van der Waals surface area contributed by atoms with Crippen LogP contribution in [-0.4, -0.2) is 29.5 Å². The predicted molar refractivity (Wildman–Crippen MR) is 64.1 cm³/mol. The van der Waals surface area contributed by atoms with Crippen molar-refractivity contribution in [2.75, 3.05) is 6.61 Å². The van der Waals surface area contributed by atoms with E-state index in [0.29, 0.717) is 13.0 Å². The molecule has 1 atom stereocenters. The van der Waals surface area contributed by atoms with Crippen LogP contribution in [0.25, 0.3) is 0 Å². The first kappa shape index (κ1) is 13.2. The van der Waals surface area contributed by atoms with Gasteiger partial charge in [0.05, 0.1) is 6.04 Å². The van der Waals surface area contributed by atoms with Gasteiger partial charge in [-0.15, -0.1) is 0 Å². The highest BCUT2D eigenvalue weighted by molar-refractivity contribution is 9.11. The molecule has 1 unspecified atom stereocenters. The zero-order valence-corrected chi connectivity index (χ0v) is 11.1. The smallest absolute Gasteiger partial charge is 0.416 e. The monoisotopic (exact) mass is 289 g/mol. The summed E-state index contributed by atoms with van der Waals surface area (Å²) in [4.78, 5) is 24.5. The Kier molecular flexibility index (Phi) is 4.53. The van der Waals surface area contributed by atoms with E-state index in [-0.39, 0.29) is 24.3 Å². The largest absolute Gasteiger partial charge is 0.447 e. The summed E-state index contributed by atoms with van der Waals surface area (Å²) < 4.78 is 5.66. The molecular weight excluding hydrogens is 274 g/mol. The molecule has 0 N–H and O–H groups in total. The Morgan fingerprint density at radius 3 is 2.75 bits per heavy atom. The molecule has 1 aliphatic rings. The van der Waals surface area contributed by atoms with Crippen molar-refractivity contribution in [1.82, 2.24) is 4.90 Å². The summed E-state index contributed by atoms with van der Waals surface area (Å²) in [7, 11) is 0. The predicted octanol–water partition coefficient (Wildman–Crippen LogP) is 2.68. The number of ether oxygens (including phenoxy) is 1. The van der Waals surface area contributed by atoms with E-state index in [9.17, 15) is 9.59 Å². The molecule has 4 nitrogen and oxygen atoms in total. The number of carbonyl (C=O) groups excluding carboxylic acids is 2. The summed E-state index contributed by atoms with van der Waals surface area (Å²) in [6.45, 7) is 7.90. The molecular formula is C11H16BrNO3. The molecule has 0 saturated carbocycles. The zero-order valence-electron chi connectivity index (χ0n) is 9.53. The van der Waals surface area contributed by atoms with Gasteiger partial charge in [0.15, 0.2) is 0 Å². The van der Waals surface area contributed by atoms with Crippen LogP contribution in [-0.2, 0) is 9.53 Å². The second-order valence-corrected chi connectivity index (χ2v) is 5.29. The van der Waals surface area contributed by atoms with Gasteiger partial charge in [-0.05, 0) is 16.8 Å². The maximum absolute atomic E-state index is 11.8. The first-order chi connectivity index (χ1) is 7.43. The van der Waals surface area contributed by atoms with Crippen molar-refractivity contribution >= 4 is 27.9 Å². The third-order valence-corrected chi connectivity index (χ3v) is 2.95. The Bertz CT molecular complexity index is 314. The number of hydrogen-bond acceptors (Lipinski definition) is 3. The van der Waals surface area contributed by atoms with Crippen molar-refractivity contribution in [3.8, 4) is 0 Å². The van der Waals surface area contributed by atoms with Gasteiger partial charge in [0.1, 0.15) is 6.61 Å². The lowest BCUT2D eigenvalue weighted by Crippen LogP contribution is -2.41. The highest BCUT2D eigenvalue weighted by atomic mass is 79.9. The van der Waals surface area contributed by atoms with E-state index in [4.69, 9.17) is 4.74 Å². The molecule has 0 spiro atoms. The lowest BCUT2D eigenvalue weighted by molar-refractivity contribution is -0.129. The van der Waals surface area contributed by atoms with Crippen molar-refractivity contribution < 1.29 is 14.3 Å². The Morgan fingerprint density at radius 1 is 1.62 bits per heavy atom. The molecule has 5 heteroatoms. The third-order valence-electron chi connectivity index (χ3n) is 2.55. The SMILES string of the molecule is C=C(Br)CCC(=O)N1C(=O)OCC1C(C)C. The second kappa shape index (κ2) is 5.48. The van der Waals surface area contributed by atoms with Gasteiger partial charge in [-0.1, -0.05) is 36.4 Å². The number of hydrogen-bond donors (Lipinski definition) is 0. The Balaban J connectivity index is 2.64. The molecule has 1 saturated heterocycles. The summed E-state index contributed by atoms with van der Waals surface area (Å²) >= 11 is 3.19. The minimum Gasteiger partial charge on any atom is -0.447 e. The van der Waals surface area contributed by atoms with Gasteiger partial charge in [0.25, 0.3) is 0 Å². The van der Waals surface area contributed by atoms with Crippen LogP contribution in [0.4, 0.5) is 4.79 Å². The van der Waals surface area contributed by atoms with E-state index < -0.39 is 6.09 Å². The first-order valence-electron chi connectivity index (χ1n) is 5.25. The van der Waals surface area contributed by atoms with E-state index in [1.165, 1.54) is 4.90 Å². The molecule has 1 aliphatic heterocycles. The number of rotatable bonds is 4. The fraction of sp³-hybridized carbons (Fsp3) is 0.636. The molecule has 1 rings (SSSR count). The Morgan fingerprint density at radius 2 is 2.25 bits per heavy atom. The summed E-state index contributed by atoms with van der Waals surface area (Å²) in [6.07, 6.45) is 0.291. The van der Waals surface area contributed by atoms with Crippen molar-refractivity contribution in [2.24, 2.45) is 5.92 Å². The molecule has 0 radical (unpaired) electrons. The van der Waals surface area contributed by atoms with Crippen LogP contribution in [0.15, 0.2) is 11.1 Å². The van der Waals surface area contributed by atoms with Gasteiger partial charge in [-0.2, -0.15) is 0 Å². The van der Waals surface area contributed by atoms with Crippen LogP contribution in [0, 0.1) is 5.92 Å². The summed E-state index contributed by atoms with van der Waals surface area (Å²) in [6, 6.07) is -0.136. The topological polar surface area (TPSA) is 46.6 Å². The molecule has 2 amide bonds. The van der Waals surface area contributed by atoms with E-state index in [1.807, 2.05) is 13.8 Å². The van der Waals surface area contributed by atoms with Crippen LogP contribution in [0.1, 0.15) is 26.7 Å². The van der Waals surface area contributed by atoms with Gasteiger partial charge in [-0.3, -0.25) is 4.79 Å². The zero-order chi connectivity index (χ0) is 12.3. The lowest BCUT2D eigenvalue weighted by atomic mass is 10.0. The summed E-state index contributed by atoms with van der Waals surface area (Å²) in [5.74, 6) is 0.0179. The summed E-state index contributed by atoms with van der Waals surface area (Å²) in [5, 5.41) is 0. The van der Waals surface area contributed by atoms with E-state index in [2.05, 4.69) is 22.5 Å². The average Bonchev–Trinajstić information content (AvgIpc) is 2.56. The van der Waals surface area contributed by atoms with Crippen molar-refractivity contribution in [3.05, 3.63) is 11.1 Å². The van der Waals surface area contributed by atoms with Crippen LogP contribution >= 0.6 is 15.9 Å². The molecule has 0 aromatic carbocycles. The van der Waals surface area contributed by atoms with E-state index >= 15 is 0 Å². The molecule has 90 valence electrons. The fourth-order valence-electron chi connectivity index (χ4n) is 1.58. The van der Waals surface area contributed by atoms with Gasteiger partial charge < -0.3 is 4.74 Å². The fourth-order valence-corrected chi connectivity index (χ4v) is 1.77. The molecule has 1 fully saturated rings. The Hall–Kier alpha value is -0.840. The number of allylic oxidation sites excluding steroid dienone is 1. The first-order valence-corrected chi connectivity index (χ1v) is 6.05. The van der Waals surface area contributed by atoms with Crippen LogP contribution in [0.2, 0.25) is 0 Å². The quantitative estimate of drug-likeness (QED) is 0.799. The molecule has 0 aromatic rings. The maximum Gasteiger partial charge on any atom is 0.416 e. The lowest BCUT2D eigenvalue weighted by Gasteiger charge is -2.22. The van der Waals surface area contributed by atoms with Gasteiger partial charge in [0, 0.05) is 6.42 Å². The van der Waals surface area contributed by atoms with Gasteiger partial charge >= 0.3 is 6.09 Å². The minimum absolute atomic E-state index is 0.136. The van der Waals surface area contributed by atoms with Crippen molar-refractivity contribution in [2.45, 2.75) is 32.7 Å². The van der Waals surface area contributed by atoms with Crippen LogP contribution < -0.4 is 0 Å². The van der Waals surface area contributed by atoms with Crippen molar-refractivity contribution in [3.63, 3.8) is 0 Å². The molecule has 1 heterocycles. The summed E-state index contributed by atoms with van der Waals surface area (Å²) in [5.41, 5.74) is 0. The Labute approximate surface area is 104 Å². The maximum atomic E-state index is 11.8. The number of cyclic esters (lactones) is 1. The van der Waals surface area contributed by atoms with E-state index in [0.717, 1.165) is 4.48 Å². The number of halogens is 1. The van der Waals surface area contributed by atoms with Crippen LogP contribution in [0.3, 0.4) is 0 Å². The molecule has 0 aliphatic carbocycles. The highest BCUT2D eigenvalue weighted by Crippen LogP contribution is 2.21. The molecule has 0 aromatic heterocycles. The number of imide groups is 1. The minimum atomic E-state index is -0.524. The van der Waals surface area contributed by atoms with Gasteiger partial charge in [-0.25, -0.2) is 9.69 Å².